The molecule has 2 N–H and O–H groups in total. The average Bonchev–Trinajstić information content (AvgIpc) is 3.09. The number of rotatable bonds is 8. The second-order valence-corrected chi connectivity index (χ2v) is 6.58. The highest BCUT2D eigenvalue weighted by Gasteiger charge is 2.16. The first-order valence-corrected chi connectivity index (χ1v) is 9.36. The van der Waals surface area contributed by atoms with Gasteiger partial charge in [0.1, 0.15) is 11.6 Å². The highest BCUT2D eigenvalue weighted by Crippen LogP contribution is 2.23. The van der Waals surface area contributed by atoms with Gasteiger partial charge in [-0.2, -0.15) is 5.10 Å². The summed E-state index contributed by atoms with van der Waals surface area (Å²) in [7, 11) is 1.64. The molecule has 146 valence electrons. The number of aryl methyl sites for hydroxylation is 3. The van der Waals surface area contributed by atoms with Gasteiger partial charge in [-0.3, -0.25) is 9.89 Å². The Morgan fingerprint density at radius 1 is 1.07 bits per heavy atom. The van der Waals surface area contributed by atoms with Crippen LogP contribution in [0.25, 0.3) is 0 Å². The first kappa shape index (κ1) is 19.6. The zero-order valence-electron chi connectivity index (χ0n) is 16.1. The lowest BCUT2D eigenvalue weighted by molar-refractivity contribution is 0.102. The van der Waals surface area contributed by atoms with Crippen LogP contribution < -0.4 is 10.1 Å². The van der Waals surface area contributed by atoms with Crippen LogP contribution in [0.15, 0.2) is 48.5 Å². The molecule has 0 aliphatic carbocycles. The monoisotopic (exact) mass is 381 g/mol. The number of nitrogens with one attached hydrogen (secondary N) is 2. The van der Waals surface area contributed by atoms with Crippen LogP contribution in [0.4, 0.5) is 10.1 Å². The third-order valence-corrected chi connectivity index (χ3v) is 4.57. The molecule has 0 aliphatic rings. The maximum Gasteiger partial charge on any atom is 0.255 e. The van der Waals surface area contributed by atoms with E-state index in [9.17, 15) is 9.18 Å². The standard InChI is InChI=1S/C22H24FN3O2/c1-3-4-19-21(24-22(27)16-8-10-17(23)11-9-16)20(26-25-19)14-7-15-5-12-18(28-2)13-6-15/h5-6,8-13H,3-4,7,14H2,1-2H3,(H,24,27)(H,25,26). The SMILES string of the molecule is CCCc1[nH]nc(CCc2ccc(OC)cc2)c1NC(=O)c1ccc(F)cc1. The highest BCUT2D eigenvalue weighted by atomic mass is 19.1. The van der Waals surface area contributed by atoms with E-state index in [-0.39, 0.29) is 11.7 Å². The Morgan fingerprint density at radius 2 is 1.79 bits per heavy atom. The molecule has 3 rings (SSSR count). The van der Waals surface area contributed by atoms with Crippen LogP contribution in [0.1, 0.15) is 40.7 Å². The van der Waals surface area contributed by atoms with Gasteiger partial charge >= 0.3 is 0 Å². The van der Waals surface area contributed by atoms with E-state index in [2.05, 4.69) is 22.4 Å². The van der Waals surface area contributed by atoms with Crippen LogP contribution in [0.5, 0.6) is 5.75 Å². The van der Waals surface area contributed by atoms with Crippen LogP contribution >= 0.6 is 0 Å². The van der Waals surface area contributed by atoms with Crippen molar-refractivity contribution >= 4 is 11.6 Å². The zero-order valence-corrected chi connectivity index (χ0v) is 16.1. The first-order valence-electron chi connectivity index (χ1n) is 9.36. The van der Waals surface area contributed by atoms with Crippen molar-refractivity contribution in [3.8, 4) is 5.75 Å². The normalized spacial score (nSPS) is 10.7. The lowest BCUT2D eigenvalue weighted by Gasteiger charge is -2.09. The minimum Gasteiger partial charge on any atom is -0.497 e. The molecule has 1 aromatic heterocycles. The number of aromatic nitrogens is 2. The minimum absolute atomic E-state index is 0.274. The Bertz CT molecular complexity index is 918. The number of nitrogens with zero attached hydrogens (tertiary/aromatic N) is 1. The zero-order chi connectivity index (χ0) is 19.9. The van der Waals surface area contributed by atoms with E-state index in [4.69, 9.17) is 4.74 Å². The molecule has 0 spiro atoms. The van der Waals surface area contributed by atoms with Gasteiger partial charge < -0.3 is 10.1 Å². The summed E-state index contributed by atoms with van der Waals surface area (Å²) >= 11 is 0. The molecule has 3 aromatic rings. The fourth-order valence-corrected chi connectivity index (χ4v) is 3.02. The van der Waals surface area contributed by atoms with Gasteiger partial charge in [-0.25, -0.2) is 4.39 Å². The molecule has 0 saturated heterocycles. The number of anilines is 1. The quantitative estimate of drug-likeness (QED) is 0.602. The number of benzene rings is 2. The molecule has 0 saturated carbocycles. The molecule has 0 unspecified atom stereocenters. The Kier molecular flexibility index (Phi) is 6.42. The summed E-state index contributed by atoms with van der Waals surface area (Å²) in [5, 5.41) is 10.4. The maximum absolute atomic E-state index is 13.1. The lowest BCUT2D eigenvalue weighted by atomic mass is 10.1. The van der Waals surface area contributed by atoms with E-state index in [1.807, 2.05) is 24.3 Å². The van der Waals surface area contributed by atoms with Gasteiger partial charge in [0.25, 0.3) is 5.91 Å². The molecular formula is C22H24FN3O2. The Morgan fingerprint density at radius 3 is 2.43 bits per heavy atom. The smallest absolute Gasteiger partial charge is 0.255 e. The summed E-state index contributed by atoms with van der Waals surface area (Å²) in [5.74, 6) is 0.178. The predicted octanol–water partition coefficient (Wildman–Crippen LogP) is 4.55. The van der Waals surface area contributed by atoms with Crippen molar-refractivity contribution in [1.82, 2.24) is 10.2 Å². The van der Waals surface area contributed by atoms with E-state index in [0.29, 0.717) is 12.0 Å². The number of methoxy groups -OCH3 is 1. The summed E-state index contributed by atoms with van der Waals surface area (Å²) in [4.78, 5) is 12.6. The maximum atomic E-state index is 13.1. The molecule has 6 heteroatoms. The van der Waals surface area contributed by atoms with Crippen molar-refractivity contribution in [1.29, 1.82) is 0 Å². The van der Waals surface area contributed by atoms with E-state index >= 15 is 0 Å². The number of halogens is 1. The van der Waals surface area contributed by atoms with Crippen LogP contribution in [0.2, 0.25) is 0 Å². The van der Waals surface area contributed by atoms with Crippen molar-refractivity contribution in [2.24, 2.45) is 0 Å². The fourth-order valence-electron chi connectivity index (χ4n) is 3.02. The number of aromatic amines is 1. The molecule has 0 aliphatic heterocycles. The molecule has 0 bridgehead atoms. The summed E-state index contributed by atoms with van der Waals surface area (Å²) in [6, 6.07) is 13.4. The van der Waals surface area contributed by atoms with Gasteiger partial charge in [0.05, 0.1) is 24.2 Å². The van der Waals surface area contributed by atoms with Gasteiger partial charge in [0, 0.05) is 5.56 Å². The molecule has 0 radical (unpaired) electrons. The molecule has 28 heavy (non-hydrogen) atoms. The Labute approximate surface area is 163 Å². The fraction of sp³-hybridized carbons (Fsp3) is 0.273. The van der Waals surface area contributed by atoms with Gasteiger partial charge in [0.2, 0.25) is 0 Å². The van der Waals surface area contributed by atoms with Crippen molar-refractivity contribution < 1.29 is 13.9 Å². The Hall–Kier alpha value is -3.15. The molecule has 0 fully saturated rings. The van der Waals surface area contributed by atoms with E-state index in [0.717, 1.165) is 47.7 Å². The molecule has 2 aromatic carbocycles. The largest absolute Gasteiger partial charge is 0.497 e. The average molecular weight is 381 g/mol. The third kappa shape index (κ3) is 4.76. The predicted molar refractivity (Wildman–Crippen MR) is 107 cm³/mol. The summed E-state index contributed by atoms with van der Waals surface area (Å²) in [6.07, 6.45) is 3.19. The van der Waals surface area contributed by atoms with Crippen LogP contribution in [0.3, 0.4) is 0 Å². The van der Waals surface area contributed by atoms with E-state index in [1.54, 1.807) is 7.11 Å². The second kappa shape index (κ2) is 9.17. The van der Waals surface area contributed by atoms with Gasteiger partial charge in [0.15, 0.2) is 0 Å². The molecule has 1 heterocycles. The summed E-state index contributed by atoms with van der Waals surface area (Å²) < 4.78 is 18.3. The number of H-pyrrole nitrogens is 1. The van der Waals surface area contributed by atoms with Crippen LogP contribution in [-0.2, 0) is 19.3 Å². The van der Waals surface area contributed by atoms with E-state index < -0.39 is 0 Å². The Balaban J connectivity index is 1.75. The van der Waals surface area contributed by atoms with Gasteiger partial charge in [-0.15, -0.1) is 0 Å². The number of amides is 1. The van der Waals surface area contributed by atoms with Crippen molar-refractivity contribution in [3.63, 3.8) is 0 Å². The number of carbonyl (C=O) groups is 1. The molecular weight excluding hydrogens is 357 g/mol. The van der Waals surface area contributed by atoms with Crippen LogP contribution in [0, 0.1) is 5.82 Å². The topological polar surface area (TPSA) is 67.0 Å². The van der Waals surface area contributed by atoms with Crippen LogP contribution in [-0.4, -0.2) is 23.2 Å². The number of ether oxygens (including phenoxy) is 1. The summed E-state index contributed by atoms with van der Waals surface area (Å²) in [6.45, 7) is 2.07. The second-order valence-electron chi connectivity index (χ2n) is 6.58. The number of carbonyl (C=O) groups excluding carboxylic acids is 1. The number of hydrogen-bond donors (Lipinski definition) is 2. The number of hydrogen-bond acceptors (Lipinski definition) is 3. The molecule has 0 atom stereocenters. The van der Waals surface area contributed by atoms with Gasteiger partial charge in [-0.1, -0.05) is 25.5 Å². The van der Waals surface area contributed by atoms with Crippen molar-refractivity contribution in [2.45, 2.75) is 32.6 Å². The minimum atomic E-state index is -0.369. The third-order valence-electron chi connectivity index (χ3n) is 4.57. The lowest BCUT2D eigenvalue weighted by Crippen LogP contribution is -2.14. The first-order chi connectivity index (χ1) is 13.6. The molecule has 1 amide bonds. The summed E-state index contributed by atoms with van der Waals surface area (Å²) in [5.41, 5.74) is 4.02. The van der Waals surface area contributed by atoms with E-state index in [1.165, 1.54) is 24.3 Å². The highest BCUT2D eigenvalue weighted by molar-refractivity contribution is 6.04. The van der Waals surface area contributed by atoms with Crippen molar-refractivity contribution in [3.05, 3.63) is 76.9 Å². The van der Waals surface area contributed by atoms with Gasteiger partial charge in [-0.05, 0) is 61.2 Å². The van der Waals surface area contributed by atoms with Crippen molar-refractivity contribution in [2.75, 3.05) is 12.4 Å². The molecule has 5 nitrogen and oxygen atoms in total.